The molecule has 0 spiro atoms. The van der Waals surface area contributed by atoms with E-state index in [9.17, 15) is 0 Å². The van der Waals surface area contributed by atoms with Crippen LogP contribution in [0.5, 0.6) is 0 Å². The third kappa shape index (κ3) is 3.62. The number of rotatable bonds is 3. The minimum atomic E-state index is -0.222. The van der Waals surface area contributed by atoms with Gasteiger partial charge in [0.2, 0.25) is 5.82 Å². The second kappa shape index (κ2) is 6.86. The smallest absolute Gasteiger partial charge is 0.255 e. The molecule has 3 rings (SSSR count). The van der Waals surface area contributed by atoms with Crippen molar-refractivity contribution < 1.29 is 9.26 Å². The lowest BCUT2D eigenvalue weighted by molar-refractivity contribution is 0.0886. The van der Waals surface area contributed by atoms with E-state index in [-0.39, 0.29) is 6.10 Å². The topological polar surface area (TPSA) is 61.0 Å². The fraction of sp³-hybridized carbons (Fsp3) is 0.167. The van der Waals surface area contributed by atoms with Crippen LogP contribution in [0.1, 0.15) is 30.2 Å². The average molecular weight is 305 g/mol. The van der Waals surface area contributed by atoms with Crippen LogP contribution in [0.2, 0.25) is 0 Å². The molecule has 114 valence electrons. The molecule has 1 unspecified atom stereocenters. The number of hydrogen-bond donors (Lipinski definition) is 0. The number of benzene rings is 1. The normalized spacial score (nSPS) is 11.6. The first-order valence-electron chi connectivity index (χ1n) is 7.16. The van der Waals surface area contributed by atoms with Crippen LogP contribution in [0.15, 0.2) is 53.2 Å². The Labute approximate surface area is 134 Å². The zero-order valence-corrected chi connectivity index (χ0v) is 12.9. The molecule has 5 heteroatoms. The average Bonchev–Trinajstić information content (AvgIpc) is 3.11. The molecule has 0 saturated heterocycles. The summed E-state index contributed by atoms with van der Waals surface area (Å²) in [5.74, 6) is 7.09. The summed E-state index contributed by atoms with van der Waals surface area (Å²) in [7, 11) is 1.60. The second-order valence-electron chi connectivity index (χ2n) is 4.88. The quantitative estimate of drug-likeness (QED) is 0.695. The van der Waals surface area contributed by atoms with Crippen molar-refractivity contribution in [2.24, 2.45) is 0 Å². The molecular formula is C18H15N3O2. The Morgan fingerprint density at radius 1 is 1.09 bits per heavy atom. The Morgan fingerprint density at radius 3 is 2.61 bits per heavy atom. The molecule has 23 heavy (non-hydrogen) atoms. The minimum Gasteiger partial charge on any atom is -0.372 e. The molecule has 1 atom stereocenters. The van der Waals surface area contributed by atoms with Gasteiger partial charge >= 0.3 is 0 Å². The van der Waals surface area contributed by atoms with Gasteiger partial charge in [0, 0.05) is 24.4 Å². The molecule has 5 nitrogen and oxygen atoms in total. The number of methoxy groups -OCH3 is 1. The highest BCUT2D eigenvalue weighted by Crippen LogP contribution is 2.20. The molecule has 0 amide bonds. The van der Waals surface area contributed by atoms with Crippen molar-refractivity contribution in [3.8, 4) is 23.2 Å². The van der Waals surface area contributed by atoms with E-state index >= 15 is 0 Å². The Bertz CT molecular complexity index is 830. The maximum atomic E-state index is 5.18. The molecule has 2 aromatic heterocycles. The number of hydrogen-bond acceptors (Lipinski definition) is 5. The van der Waals surface area contributed by atoms with Crippen LogP contribution in [0.4, 0.5) is 0 Å². The monoisotopic (exact) mass is 305 g/mol. The first-order valence-corrected chi connectivity index (χ1v) is 7.16. The van der Waals surface area contributed by atoms with Gasteiger partial charge < -0.3 is 9.26 Å². The van der Waals surface area contributed by atoms with E-state index in [1.807, 2.05) is 49.4 Å². The van der Waals surface area contributed by atoms with Gasteiger partial charge in [-0.3, -0.25) is 0 Å². The zero-order chi connectivity index (χ0) is 16.1. The van der Waals surface area contributed by atoms with E-state index in [4.69, 9.17) is 9.26 Å². The molecular weight excluding hydrogens is 290 g/mol. The molecule has 0 N–H and O–H groups in total. The van der Waals surface area contributed by atoms with Crippen molar-refractivity contribution >= 4 is 0 Å². The Balaban J connectivity index is 1.77. The van der Waals surface area contributed by atoms with Crippen molar-refractivity contribution in [3.05, 3.63) is 65.8 Å². The molecule has 0 saturated carbocycles. The predicted molar refractivity (Wildman–Crippen MR) is 85.4 cm³/mol. The van der Waals surface area contributed by atoms with Crippen LogP contribution in [0.3, 0.4) is 0 Å². The summed E-state index contributed by atoms with van der Waals surface area (Å²) in [5, 5.41) is 3.97. The molecule has 0 bridgehead atoms. The van der Waals surface area contributed by atoms with E-state index in [1.54, 1.807) is 13.3 Å². The summed E-state index contributed by atoms with van der Waals surface area (Å²) in [4.78, 5) is 8.49. The molecule has 3 aromatic rings. The maximum Gasteiger partial charge on any atom is 0.255 e. The molecule has 0 aliphatic rings. The Morgan fingerprint density at radius 2 is 1.91 bits per heavy atom. The summed E-state index contributed by atoms with van der Waals surface area (Å²) in [6.07, 6.45) is 1.50. The summed E-state index contributed by atoms with van der Waals surface area (Å²) in [6, 6.07) is 13.3. The van der Waals surface area contributed by atoms with Gasteiger partial charge in [-0.15, -0.1) is 0 Å². The molecule has 0 radical (unpaired) electrons. The summed E-state index contributed by atoms with van der Waals surface area (Å²) in [6.45, 7) is 1.85. The lowest BCUT2D eigenvalue weighted by atomic mass is 10.1. The van der Waals surface area contributed by atoms with Crippen LogP contribution in [0.25, 0.3) is 11.4 Å². The highest BCUT2D eigenvalue weighted by molar-refractivity contribution is 5.56. The fourth-order valence-corrected chi connectivity index (χ4v) is 1.89. The van der Waals surface area contributed by atoms with E-state index in [0.29, 0.717) is 11.7 Å². The number of nitrogens with zero attached hydrogens (tertiary/aromatic N) is 3. The number of ether oxygens (including phenoxy) is 1. The number of aromatic nitrogens is 3. The minimum absolute atomic E-state index is 0.222. The summed E-state index contributed by atoms with van der Waals surface area (Å²) in [5.41, 5.74) is 2.51. The van der Waals surface area contributed by atoms with Crippen molar-refractivity contribution in [3.63, 3.8) is 0 Å². The van der Waals surface area contributed by atoms with Crippen molar-refractivity contribution in [2.45, 2.75) is 13.0 Å². The first kappa shape index (κ1) is 14.9. The largest absolute Gasteiger partial charge is 0.372 e. The zero-order valence-electron chi connectivity index (χ0n) is 12.9. The standard InChI is InChI=1S/C18H15N3O2/c1-13(22-2)18-20-17(21-23-18)15-9-6-14(7-10-15)8-11-16-5-3-4-12-19-16/h3-7,9-10,12-13H,1-2H3. The SMILES string of the molecule is COC(C)c1nc(-c2ccc(C#Cc3ccccn3)cc2)no1. The lowest BCUT2D eigenvalue weighted by Gasteiger charge is -2.00. The van der Waals surface area contributed by atoms with Crippen LogP contribution in [0, 0.1) is 11.8 Å². The van der Waals surface area contributed by atoms with Gasteiger partial charge in [0.1, 0.15) is 11.8 Å². The van der Waals surface area contributed by atoms with Gasteiger partial charge in [-0.05, 0) is 49.2 Å². The lowest BCUT2D eigenvalue weighted by Crippen LogP contribution is -1.95. The van der Waals surface area contributed by atoms with Crippen molar-refractivity contribution in [2.75, 3.05) is 7.11 Å². The third-order valence-electron chi connectivity index (χ3n) is 3.29. The van der Waals surface area contributed by atoms with Crippen LogP contribution < -0.4 is 0 Å². The van der Waals surface area contributed by atoms with E-state index in [0.717, 1.165) is 16.8 Å². The van der Waals surface area contributed by atoms with Crippen LogP contribution in [-0.2, 0) is 4.74 Å². The van der Waals surface area contributed by atoms with E-state index in [2.05, 4.69) is 27.0 Å². The summed E-state index contributed by atoms with van der Waals surface area (Å²) < 4.78 is 10.3. The van der Waals surface area contributed by atoms with Gasteiger partial charge in [-0.2, -0.15) is 4.98 Å². The molecule has 1 aromatic carbocycles. The van der Waals surface area contributed by atoms with Crippen molar-refractivity contribution in [1.82, 2.24) is 15.1 Å². The Kier molecular flexibility index (Phi) is 4.46. The highest BCUT2D eigenvalue weighted by atomic mass is 16.5. The summed E-state index contributed by atoms with van der Waals surface area (Å²) >= 11 is 0. The highest BCUT2D eigenvalue weighted by Gasteiger charge is 2.14. The molecule has 2 heterocycles. The molecule has 0 aliphatic carbocycles. The van der Waals surface area contributed by atoms with Gasteiger partial charge in [-0.25, -0.2) is 4.98 Å². The molecule has 0 aliphatic heterocycles. The fourth-order valence-electron chi connectivity index (χ4n) is 1.89. The number of pyridine rings is 1. The first-order chi connectivity index (χ1) is 11.3. The van der Waals surface area contributed by atoms with Gasteiger partial charge in [0.25, 0.3) is 5.89 Å². The van der Waals surface area contributed by atoms with Crippen LogP contribution in [-0.4, -0.2) is 22.2 Å². The van der Waals surface area contributed by atoms with E-state index < -0.39 is 0 Å². The van der Waals surface area contributed by atoms with E-state index in [1.165, 1.54) is 0 Å². The Hall–Kier alpha value is -2.97. The van der Waals surface area contributed by atoms with Gasteiger partial charge in [-0.1, -0.05) is 17.1 Å². The molecule has 0 fully saturated rings. The van der Waals surface area contributed by atoms with Gasteiger partial charge in [0.15, 0.2) is 0 Å². The van der Waals surface area contributed by atoms with Crippen molar-refractivity contribution in [1.29, 1.82) is 0 Å². The third-order valence-corrected chi connectivity index (χ3v) is 3.29. The second-order valence-corrected chi connectivity index (χ2v) is 4.88. The maximum absolute atomic E-state index is 5.18. The predicted octanol–water partition coefficient (Wildman–Crippen LogP) is 3.24. The van der Waals surface area contributed by atoms with Crippen LogP contribution >= 0.6 is 0 Å². The van der Waals surface area contributed by atoms with Gasteiger partial charge in [0.05, 0.1) is 0 Å².